The largest absolute Gasteiger partial charge is 0.389 e. The quantitative estimate of drug-likeness (QED) is 0.825. The number of hydrogen-bond acceptors (Lipinski definition) is 2. The first-order chi connectivity index (χ1) is 7.29. The molecule has 3 heteroatoms. The lowest BCUT2D eigenvalue weighted by atomic mass is 10.0. The zero-order chi connectivity index (χ0) is 12.3. The molecule has 1 aromatic carbocycles. The predicted octanol–water partition coefficient (Wildman–Crippen LogP) is 2.56. The van der Waals surface area contributed by atoms with E-state index in [9.17, 15) is 9.50 Å². The van der Waals surface area contributed by atoms with Gasteiger partial charge < -0.3 is 10.4 Å². The van der Waals surface area contributed by atoms with Crippen LogP contribution in [0.5, 0.6) is 0 Å². The van der Waals surface area contributed by atoms with Gasteiger partial charge in [-0.1, -0.05) is 12.1 Å². The lowest BCUT2D eigenvalue weighted by molar-refractivity contribution is 0.0770. The molecule has 1 atom stereocenters. The number of benzene rings is 1. The van der Waals surface area contributed by atoms with Crippen molar-refractivity contribution in [3.05, 3.63) is 35.1 Å². The fourth-order valence-electron chi connectivity index (χ4n) is 1.40. The summed E-state index contributed by atoms with van der Waals surface area (Å²) < 4.78 is 13.3. The first-order valence-electron chi connectivity index (χ1n) is 5.51. The molecule has 0 aliphatic carbocycles. The fraction of sp³-hybridized carbons (Fsp3) is 0.538. The van der Waals surface area contributed by atoms with Crippen molar-refractivity contribution < 1.29 is 9.50 Å². The Morgan fingerprint density at radius 1 is 1.44 bits per heavy atom. The molecule has 0 spiro atoms. The van der Waals surface area contributed by atoms with E-state index in [2.05, 4.69) is 5.32 Å². The van der Waals surface area contributed by atoms with E-state index in [1.54, 1.807) is 26.8 Å². The van der Waals surface area contributed by atoms with Crippen LogP contribution in [-0.2, 0) is 0 Å². The van der Waals surface area contributed by atoms with E-state index in [4.69, 9.17) is 0 Å². The normalized spacial score (nSPS) is 13.9. The van der Waals surface area contributed by atoms with Gasteiger partial charge in [-0.3, -0.25) is 0 Å². The summed E-state index contributed by atoms with van der Waals surface area (Å²) in [4.78, 5) is 0. The third kappa shape index (κ3) is 3.91. The van der Waals surface area contributed by atoms with E-state index >= 15 is 0 Å². The van der Waals surface area contributed by atoms with E-state index in [0.29, 0.717) is 12.1 Å². The van der Waals surface area contributed by atoms with Crippen LogP contribution in [0.1, 0.15) is 37.9 Å². The molecule has 0 saturated heterocycles. The lowest BCUT2D eigenvalue weighted by Gasteiger charge is -2.22. The molecule has 1 aromatic rings. The topological polar surface area (TPSA) is 32.3 Å². The predicted molar refractivity (Wildman–Crippen MR) is 63.9 cm³/mol. The Bertz CT molecular complexity index is 357. The van der Waals surface area contributed by atoms with E-state index in [0.717, 1.165) is 5.56 Å². The number of halogens is 1. The molecular weight excluding hydrogens is 205 g/mol. The van der Waals surface area contributed by atoms with E-state index in [-0.39, 0.29) is 11.9 Å². The van der Waals surface area contributed by atoms with Gasteiger partial charge in [0, 0.05) is 12.6 Å². The number of nitrogens with one attached hydrogen (secondary N) is 1. The highest BCUT2D eigenvalue weighted by molar-refractivity contribution is 5.25. The Morgan fingerprint density at radius 3 is 2.56 bits per heavy atom. The van der Waals surface area contributed by atoms with Crippen LogP contribution in [0.2, 0.25) is 0 Å². The summed E-state index contributed by atoms with van der Waals surface area (Å²) in [5.74, 6) is -0.186. The van der Waals surface area contributed by atoms with Gasteiger partial charge in [0.1, 0.15) is 5.82 Å². The highest BCUT2D eigenvalue weighted by atomic mass is 19.1. The summed E-state index contributed by atoms with van der Waals surface area (Å²) in [6.07, 6.45) is 0. The maximum atomic E-state index is 13.3. The van der Waals surface area contributed by atoms with Crippen molar-refractivity contribution >= 4 is 0 Å². The summed E-state index contributed by atoms with van der Waals surface area (Å²) >= 11 is 0. The molecule has 2 N–H and O–H groups in total. The van der Waals surface area contributed by atoms with Crippen LogP contribution < -0.4 is 5.32 Å². The molecule has 0 bridgehead atoms. The van der Waals surface area contributed by atoms with Crippen molar-refractivity contribution in [1.82, 2.24) is 5.32 Å². The van der Waals surface area contributed by atoms with Crippen molar-refractivity contribution in [2.45, 2.75) is 39.3 Å². The maximum absolute atomic E-state index is 13.3. The van der Waals surface area contributed by atoms with E-state index in [1.807, 2.05) is 13.0 Å². The Labute approximate surface area is 96.5 Å². The van der Waals surface area contributed by atoms with Crippen molar-refractivity contribution in [3.63, 3.8) is 0 Å². The van der Waals surface area contributed by atoms with Gasteiger partial charge in [0.2, 0.25) is 0 Å². The Morgan fingerprint density at radius 2 is 2.06 bits per heavy atom. The van der Waals surface area contributed by atoms with Crippen molar-refractivity contribution in [2.24, 2.45) is 0 Å². The number of aryl methyl sites for hydroxylation is 1. The van der Waals surface area contributed by atoms with Crippen LogP contribution in [0.3, 0.4) is 0 Å². The van der Waals surface area contributed by atoms with Gasteiger partial charge >= 0.3 is 0 Å². The van der Waals surface area contributed by atoms with Crippen LogP contribution in [0.4, 0.5) is 4.39 Å². The number of aliphatic hydroxyl groups is 1. The monoisotopic (exact) mass is 225 g/mol. The second-order valence-corrected chi connectivity index (χ2v) is 4.92. The Balaban J connectivity index is 2.66. The molecule has 16 heavy (non-hydrogen) atoms. The molecule has 1 unspecified atom stereocenters. The first-order valence-corrected chi connectivity index (χ1v) is 5.51. The SMILES string of the molecule is Cc1ccc(C(C)NCC(C)(C)O)cc1F. The van der Waals surface area contributed by atoms with Crippen LogP contribution in [0.15, 0.2) is 18.2 Å². The number of hydrogen-bond donors (Lipinski definition) is 2. The molecule has 0 saturated carbocycles. The zero-order valence-electron chi connectivity index (χ0n) is 10.3. The maximum Gasteiger partial charge on any atom is 0.126 e. The summed E-state index contributed by atoms with van der Waals surface area (Å²) in [7, 11) is 0. The summed E-state index contributed by atoms with van der Waals surface area (Å²) in [6, 6.07) is 5.24. The van der Waals surface area contributed by atoms with Crippen molar-refractivity contribution in [1.29, 1.82) is 0 Å². The highest BCUT2D eigenvalue weighted by Gasteiger charge is 2.14. The average molecular weight is 225 g/mol. The second-order valence-electron chi connectivity index (χ2n) is 4.92. The summed E-state index contributed by atoms with van der Waals surface area (Å²) in [5.41, 5.74) is 0.795. The molecule has 90 valence electrons. The highest BCUT2D eigenvalue weighted by Crippen LogP contribution is 2.16. The van der Waals surface area contributed by atoms with E-state index < -0.39 is 5.60 Å². The smallest absolute Gasteiger partial charge is 0.126 e. The molecule has 0 amide bonds. The van der Waals surface area contributed by atoms with Crippen LogP contribution in [-0.4, -0.2) is 17.3 Å². The van der Waals surface area contributed by atoms with Gasteiger partial charge in [0.05, 0.1) is 5.60 Å². The minimum absolute atomic E-state index is 0.0292. The fourth-order valence-corrected chi connectivity index (χ4v) is 1.40. The van der Waals surface area contributed by atoms with Crippen molar-refractivity contribution in [2.75, 3.05) is 6.54 Å². The Hall–Kier alpha value is -0.930. The Kier molecular flexibility index (Phi) is 4.05. The van der Waals surface area contributed by atoms with Gasteiger partial charge in [-0.15, -0.1) is 0 Å². The molecule has 1 rings (SSSR count). The lowest BCUT2D eigenvalue weighted by Crippen LogP contribution is -2.36. The van der Waals surface area contributed by atoms with Gasteiger partial charge in [-0.25, -0.2) is 4.39 Å². The molecule has 0 heterocycles. The van der Waals surface area contributed by atoms with E-state index in [1.165, 1.54) is 6.07 Å². The summed E-state index contributed by atoms with van der Waals surface area (Å²) in [6.45, 7) is 7.65. The second kappa shape index (κ2) is 4.93. The minimum Gasteiger partial charge on any atom is -0.389 e. The zero-order valence-corrected chi connectivity index (χ0v) is 10.3. The molecule has 2 nitrogen and oxygen atoms in total. The minimum atomic E-state index is -0.752. The van der Waals surface area contributed by atoms with Crippen LogP contribution in [0.25, 0.3) is 0 Å². The van der Waals surface area contributed by atoms with Gasteiger partial charge in [-0.05, 0) is 44.9 Å². The first kappa shape index (κ1) is 13.1. The van der Waals surface area contributed by atoms with Crippen LogP contribution in [0, 0.1) is 12.7 Å². The molecule has 0 radical (unpaired) electrons. The number of rotatable bonds is 4. The third-order valence-electron chi connectivity index (χ3n) is 2.54. The molecule has 0 aliphatic heterocycles. The van der Waals surface area contributed by atoms with Gasteiger partial charge in [0.25, 0.3) is 0 Å². The third-order valence-corrected chi connectivity index (χ3v) is 2.54. The van der Waals surface area contributed by atoms with Gasteiger partial charge in [0.15, 0.2) is 0 Å². The molecular formula is C13H20FNO. The standard InChI is InChI=1S/C13H20FNO/c1-9-5-6-11(7-12(9)14)10(2)15-8-13(3,4)16/h5-7,10,15-16H,8H2,1-4H3. The molecule has 0 aliphatic rings. The molecule has 0 fully saturated rings. The molecule has 0 aromatic heterocycles. The average Bonchev–Trinajstić information content (AvgIpc) is 2.17. The summed E-state index contributed by atoms with van der Waals surface area (Å²) in [5, 5.41) is 12.7. The van der Waals surface area contributed by atoms with Crippen LogP contribution >= 0.6 is 0 Å². The van der Waals surface area contributed by atoms with Crippen molar-refractivity contribution in [3.8, 4) is 0 Å². The van der Waals surface area contributed by atoms with Gasteiger partial charge in [-0.2, -0.15) is 0 Å².